The molecular formula is C9H10N4O. The predicted octanol–water partition coefficient (Wildman–Crippen LogP) is -0.0807. The van der Waals surface area contributed by atoms with E-state index in [9.17, 15) is 5.11 Å². The SMILES string of the molecule is N#Cc1ccnc(N2CC[C@H](O)C2)n1. The number of aliphatic hydroxyl groups is 1. The molecule has 1 aliphatic rings. The summed E-state index contributed by atoms with van der Waals surface area (Å²) in [6.45, 7) is 1.30. The van der Waals surface area contributed by atoms with E-state index >= 15 is 0 Å². The molecule has 2 rings (SSSR count). The fourth-order valence-corrected chi connectivity index (χ4v) is 1.49. The van der Waals surface area contributed by atoms with Crippen molar-refractivity contribution in [3.63, 3.8) is 0 Å². The van der Waals surface area contributed by atoms with Gasteiger partial charge in [-0.15, -0.1) is 0 Å². The smallest absolute Gasteiger partial charge is 0.226 e. The molecule has 0 aliphatic carbocycles. The Bertz CT molecular complexity index is 373. The lowest BCUT2D eigenvalue weighted by Crippen LogP contribution is -2.23. The van der Waals surface area contributed by atoms with Crippen LogP contribution in [0.2, 0.25) is 0 Å². The molecule has 2 heterocycles. The average molecular weight is 190 g/mol. The summed E-state index contributed by atoms with van der Waals surface area (Å²) in [7, 11) is 0. The van der Waals surface area contributed by atoms with Gasteiger partial charge in [-0.2, -0.15) is 5.26 Å². The van der Waals surface area contributed by atoms with Crippen LogP contribution in [0.1, 0.15) is 12.1 Å². The first-order chi connectivity index (χ1) is 6.79. The molecule has 1 saturated heterocycles. The van der Waals surface area contributed by atoms with Crippen molar-refractivity contribution in [3.8, 4) is 6.07 Å². The highest BCUT2D eigenvalue weighted by molar-refractivity contribution is 5.35. The second-order valence-electron chi connectivity index (χ2n) is 3.24. The number of hydrogen-bond acceptors (Lipinski definition) is 5. The highest BCUT2D eigenvalue weighted by Crippen LogP contribution is 2.15. The molecule has 1 fully saturated rings. The van der Waals surface area contributed by atoms with Crippen LogP contribution in [0.4, 0.5) is 5.95 Å². The summed E-state index contributed by atoms with van der Waals surface area (Å²) in [5.41, 5.74) is 0.358. The minimum absolute atomic E-state index is 0.302. The Morgan fingerprint density at radius 3 is 3.14 bits per heavy atom. The fraction of sp³-hybridized carbons (Fsp3) is 0.444. The first-order valence-corrected chi connectivity index (χ1v) is 4.46. The highest BCUT2D eigenvalue weighted by atomic mass is 16.3. The molecule has 5 nitrogen and oxygen atoms in total. The molecule has 1 atom stereocenters. The third-order valence-electron chi connectivity index (χ3n) is 2.20. The van der Waals surface area contributed by atoms with Crippen LogP contribution in [0.3, 0.4) is 0 Å². The van der Waals surface area contributed by atoms with Gasteiger partial charge in [-0.05, 0) is 12.5 Å². The van der Waals surface area contributed by atoms with Gasteiger partial charge in [-0.25, -0.2) is 9.97 Å². The molecule has 5 heteroatoms. The van der Waals surface area contributed by atoms with Crippen molar-refractivity contribution >= 4 is 5.95 Å². The molecule has 1 N–H and O–H groups in total. The van der Waals surface area contributed by atoms with Gasteiger partial charge >= 0.3 is 0 Å². The monoisotopic (exact) mass is 190 g/mol. The first kappa shape index (κ1) is 8.91. The lowest BCUT2D eigenvalue weighted by Gasteiger charge is -2.14. The molecule has 72 valence electrons. The molecule has 14 heavy (non-hydrogen) atoms. The Balaban J connectivity index is 2.20. The van der Waals surface area contributed by atoms with Crippen LogP contribution in [0.5, 0.6) is 0 Å². The van der Waals surface area contributed by atoms with Crippen molar-refractivity contribution in [1.29, 1.82) is 5.26 Å². The number of nitrogens with zero attached hydrogens (tertiary/aromatic N) is 4. The van der Waals surface area contributed by atoms with Crippen LogP contribution in [-0.2, 0) is 0 Å². The normalized spacial score (nSPS) is 20.9. The molecule has 1 aromatic heterocycles. The average Bonchev–Trinajstić information content (AvgIpc) is 2.65. The maximum absolute atomic E-state index is 9.33. The van der Waals surface area contributed by atoms with Crippen LogP contribution in [0.25, 0.3) is 0 Å². The lowest BCUT2D eigenvalue weighted by molar-refractivity contribution is 0.198. The molecule has 1 aliphatic heterocycles. The molecule has 0 amide bonds. The summed E-state index contributed by atoms with van der Waals surface area (Å²) < 4.78 is 0. The van der Waals surface area contributed by atoms with Gasteiger partial charge in [0.2, 0.25) is 5.95 Å². The zero-order chi connectivity index (χ0) is 9.97. The minimum atomic E-state index is -0.302. The Morgan fingerprint density at radius 2 is 2.50 bits per heavy atom. The van der Waals surface area contributed by atoms with Crippen molar-refractivity contribution in [2.45, 2.75) is 12.5 Å². The number of β-amino-alcohol motifs (C(OH)–C–C–N with tert-alkyl or cyclic N) is 1. The number of hydrogen-bond donors (Lipinski definition) is 1. The molecule has 0 aromatic carbocycles. The largest absolute Gasteiger partial charge is 0.391 e. The molecule has 0 spiro atoms. The lowest BCUT2D eigenvalue weighted by atomic mass is 10.3. The van der Waals surface area contributed by atoms with E-state index in [1.807, 2.05) is 11.0 Å². The summed E-state index contributed by atoms with van der Waals surface area (Å²) in [5, 5.41) is 18.0. The summed E-state index contributed by atoms with van der Waals surface area (Å²) >= 11 is 0. The summed E-state index contributed by atoms with van der Waals surface area (Å²) in [6.07, 6.45) is 2.00. The van der Waals surface area contributed by atoms with E-state index in [2.05, 4.69) is 9.97 Å². The molecule has 0 bridgehead atoms. The van der Waals surface area contributed by atoms with Crippen molar-refractivity contribution < 1.29 is 5.11 Å². The van der Waals surface area contributed by atoms with Gasteiger partial charge < -0.3 is 10.0 Å². The van der Waals surface area contributed by atoms with Gasteiger partial charge in [0.1, 0.15) is 11.8 Å². The van der Waals surface area contributed by atoms with Gasteiger partial charge in [0.25, 0.3) is 0 Å². The Kier molecular flexibility index (Phi) is 2.29. The zero-order valence-electron chi connectivity index (χ0n) is 7.59. The van der Waals surface area contributed by atoms with Gasteiger partial charge in [0.05, 0.1) is 6.10 Å². The topological polar surface area (TPSA) is 73.0 Å². The minimum Gasteiger partial charge on any atom is -0.391 e. The van der Waals surface area contributed by atoms with Crippen LogP contribution in [-0.4, -0.2) is 34.3 Å². The van der Waals surface area contributed by atoms with Gasteiger partial charge in [0.15, 0.2) is 0 Å². The molecule has 0 radical (unpaired) electrons. The van der Waals surface area contributed by atoms with E-state index in [1.165, 1.54) is 0 Å². The quantitative estimate of drug-likeness (QED) is 0.670. The Hall–Kier alpha value is -1.67. The number of aliphatic hydroxyl groups excluding tert-OH is 1. The van der Waals surface area contributed by atoms with Crippen LogP contribution >= 0.6 is 0 Å². The number of rotatable bonds is 1. The molecular weight excluding hydrogens is 180 g/mol. The standard InChI is InChI=1S/C9H10N4O/c10-5-7-1-3-11-9(12-7)13-4-2-8(14)6-13/h1,3,8,14H,2,4,6H2/t8-/m0/s1. The van der Waals surface area contributed by atoms with Crippen molar-refractivity contribution in [1.82, 2.24) is 9.97 Å². The van der Waals surface area contributed by atoms with Gasteiger partial charge in [-0.1, -0.05) is 0 Å². The van der Waals surface area contributed by atoms with Crippen LogP contribution in [0, 0.1) is 11.3 Å². The molecule has 0 unspecified atom stereocenters. The van der Waals surface area contributed by atoms with E-state index in [4.69, 9.17) is 5.26 Å². The van der Waals surface area contributed by atoms with E-state index in [1.54, 1.807) is 12.3 Å². The van der Waals surface area contributed by atoms with Crippen molar-refractivity contribution in [3.05, 3.63) is 18.0 Å². The number of aromatic nitrogens is 2. The third kappa shape index (κ3) is 1.65. The van der Waals surface area contributed by atoms with Gasteiger partial charge in [-0.3, -0.25) is 0 Å². The highest BCUT2D eigenvalue weighted by Gasteiger charge is 2.22. The van der Waals surface area contributed by atoms with E-state index in [0.717, 1.165) is 13.0 Å². The Morgan fingerprint density at radius 1 is 1.64 bits per heavy atom. The number of anilines is 1. The first-order valence-electron chi connectivity index (χ1n) is 4.46. The van der Waals surface area contributed by atoms with E-state index < -0.39 is 0 Å². The molecule has 0 saturated carbocycles. The third-order valence-corrected chi connectivity index (χ3v) is 2.20. The van der Waals surface area contributed by atoms with E-state index in [-0.39, 0.29) is 6.10 Å². The zero-order valence-corrected chi connectivity index (χ0v) is 7.59. The summed E-state index contributed by atoms with van der Waals surface area (Å²) in [5.74, 6) is 0.528. The van der Waals surface area contributed by atoms with Crippen LogP contribution < -0.4 is 4.90 Å². The predicted molar refractivity (Wildman–Crippen MR) is 49.6 cm³/mol. The van der Waals surface area contributed by atoms with Crippen LogP contribution in [0.15, 0.2) is 12.3 Å². The second kappa shape index (κ2) is 3.60. The fourth-order valence-electron chi connectivity index (χ4n) is 1.49. The second-order valence-corrected chi connectivity index (χ2v) is 3.24. The number of nitriles is 1. The maximum Gasteiger partial charge on any atom is 0.226 e. The maximum atomic E-state index is 9.33. The van der Waals surface area contributed by atoms with E-state index in [0.29, 0.717) is 18.2 Å². The Labute approximate surface area is 81.6 Å². The van der Waals surface area contributed by atoms with Crippen molar-refractivity contribution in [2.24, 2.45) is 0 Å². The van der Waals surface area contributed by atoms with Gasteiger partial charge in [0, 0.05) is 19.3 Å². The summed E-state index contributed by atoms with van der Waals surface area (Å²) in [4.78, 5) is 9.99. The summed E-state index contributed by atoms with van der Waals surface area (Å²) in [6, 6.07) is 3.53. The van der Waals surface area contributed by atoms with Crippen molar-refractivity contribution in [2.75, 3.05) is 18.0 Å². The molecule has 1 aromatic rings.